The zero-order valence-corrected chi connectivity index (χ0v) is 41.6. The third-order valence-electron chi connectivity index (χ3n) is 14.8. The number of aliphatic hydroxyl groups is 1. The molecular formula is C54H64FN7O11. The number of esters is 1. The van der Waals surface area contributed by atoms with E-state index in [0.29, 0.717) is 73.7 Å². The third kappa shape index (κ3) is 11.5. The molecule has 4 atom stereocenters. The average Bonchev–Trinajstić information content (AvgIpc) is 4.12. The summed E-state index contributed by atoms with van der Waals surface area (Å²) in [5.41, 5.74) is 2.66. The van der Waals surface area contributed by atoms with Crippen molar-refractivity contribution in [3.63, 3.8) is 0 Å². The molecule has 2 heterocycles. The van der Waals surface area contributed by atoms with E-state index in [1.165, 1.54) is 6.07 Å². The van der Waals surface area contributed by atoms with Crippen LogP contribution in [0.1, 0.15) is 124 Å². The van der Waals surface area contributed by atoms with E-state index in [2.05, 4.69) is 31.9 Å². The highest BCUT2D eigenvalue weighted by Gasteiger charge is 2.53. The number of hydrogen-bond acceptors (Lipinski definition) is 12. The number of carbonyl (C=O) groups is 8. The molecule has 1 fully saturated rings. The zero-order chi connectivity index (χ0) is 52.0. The molecule has 1 unspecified atom stereocenters. The number of nitrogens with zero attached hydrogens (tertiary/aromatic N) is 1. The number of fused-ring (bicyclic) bond motifs is 4. The Morgan fingerprint density at radius 3 is 2.36 bits per heavy atom. The van der Waals surface area contributed by atoms with Crippen molar-refractivity contribution >= 4 is 63.7 Å². The van der Waals surface area contributed by atoms with Gasteiger partial charge < -0.3 is 46.5 Å². The maximum absolute atomic E-state index is 15.6. The van der Waals surface area contributed by atoms with Crippen LogP contribution in [0.5, 0.6) is 0 Å². The maximum atomic E-state index is 15.6. The summed E-state index contributed by atoms with van der Waals surface area (Å²) >= 11 is 0. The van der Waals surface area contributed by atoms with E-state index >= 15 is 4.39 Å². The Kier molecular flexibility index (Phi) is 16.2. The molecule has 0 spiro atoms. The van der Waals surface area contributed by atoms with Gasteiger partial charge in [-0.2, -0.15) is 0 Å². The summed E-state index contributed by atoms with van der Waals surface area (Å²) in [7, 11) is 0. The van der Waals surface area contributed by atoms with E-state index in [-0.39, 0.29) is 68.7 Å². The topological polar surface area (TPSA) is 260 Å². The first-order valence-electron chi connectivity index (χ1n) is 25.4. The predicted octanol–water partition coefficient (Wildman–Crippen LogP) is 3.37. The Bertz CT molecular complexity index is 2790. The van der Waals surface area contributed by atoms with Gasteiger partial charge in [0.05, 0.1) is 43.5 Å². The smallest absolute Gasteiger partial charge is 0.342 e. The number of unbranched alkanes of at least 4 members (excludes halogenated alkanes) is 2. The molecule has 0 radical (unpaired) electrons. The number of rotatable bonds is 20. The summed E-state index contributed by atoms with van der Waals surface area (Å²) < 4.78 is 27.0. The predicted molar refractivity (Wildman–Crippen MR) is 264 cm³/mol. The fraction of sp³-hybridized carbons (Fsp3) is 0.500. The number of cyclic esters (lactones) is 1. The van der Waals surface area contributed by atoms with E-state index in [9.17, 15) is 43.5 Å². The molecule has 5 aliphatic rings. The normalized spacial score (nSPS) is 21.6. The monoisotopic (exact) mass is 1010 g/mol. The Balaban J connectivity index is 0.910. The van der Waals surface area contributed by atoms with Crippen molar-refractivity contribution in [2.45, 2.75) is 134 Å². The van der Waals surface area contributed by atoms with Gasteiger partial charge in [0.2, 0.25) is 29.5 Å². The number of benzene rings is 2. The number of carbonyl (C=O) groups excluding carboxylic acids is 8. The minimum atomic E-state index is -2.05. The molecule has 388 valence electrons. The number of nitrogens with one attached hydrogen (secondary N) is 6. The molecular weight excluding hydrogens is 942 g/mol. The summed E-state index contributed by atoms with van der Waals surface area (Å²) in [5.74, 6) is -4.76. The molecule has 19 heteroatoms. The number of aromatic nitrogens is 1. The Morgan fingerprint density at radius 1 is 0.890 bits per heavy atom. The average molecular weight is 1010 g/mol. The Hall–Kier alpha value is -6.86. The number of pyridine rings is 1. The van der Waals surface area contributed by atoms with E-state index in [0.717, 1.165) is 46.1 Å². The van der Waals surface area contributed by atoms with Crippen LogP contribution in [0.4, 0.5) is 4.39 Å². The fourth-order valence-electron chi connectivity index (χ4n) is 10.5. The molecule has 73 heavy (non-hydrogen) atoms. The van der Waals surface area contributed by atoms with Crippen LogP contribution in [0.2, 0.25) is 0 Å². The van der Waals surface area contributed by atoms with Crippen molar-refractivity contribution in [1.82, 2.24) is 36.9 Å². The summed E-state index contributed by atoms with van der Waals surface area (Å²) in [5, 5.41) is 28.5. The summed E-state index contributed by atoms with van der Waals surface area (Å²) in [4.78, 5) is 110. The van der Waals surface area contributed by atoms with Crippen LogP contribution in [0.15, 0.2) is 53.6 Å². The molecule has 3 aromatic rings. The van der Waals surface area contributed by atoms with Crippen LogP contribution in [0, 0.1) is 18.7 Å². The first-order valence-corrected chi connectivity index (χ1v) is 25.4. The molecule has 0 saturated heterocycles. The number of ketones is 1. The van der Waals surface area contributed by atoms with Crippen molar-refractivity contribution in [2.24, 2.45) is 5.92 Å². The second-order valence-electron chi connectivity index (χ2n) is 19.6. The molecule has 18 nitrogen and oxygen atoms in total. The molecule has 1 aliphatic heterocycles. The van der Waals surface area contributed by atoms with Gasteiger partial charge in [0.25, 0.3) is 5.91 Å². The highest BCUT2D eigenvalue weighted by molar-refractivity contribution is 6.02. The largest absolute Gasteiger partial charge is 0.463 e. The molecule has 6 amide bonds. The van der Waals surface area contributed by atoms with Crippen LogP contribution >= 0.6 is 0 Å². The Morgan fingerprint density at radius 2 is 1.62 bits per heavy atom. The SMILES string of the molecule is CCCCCC(=O)NCC(=O)NCC(=O)N[C@@H](Cc1ccccc1)C(=O)NCC(=O)NCOC1(C(=O)N[C@H]2CCc3c(C)c(F)cc4nc5c(c2c34)CC2CCC(=O)C3=C(/C=C/52)[C@@](O)(CC)C(=O)OCC3)CC1. The third-order valence-corrected chi connectivity index (χ3v) is 14.8. The Labute approximate surface area is 422 Å². The number of halogens is 1. The first-order chi connectivity index (χ1) is 35.0. The lowest BCUT2D eigenvalue weighted by Crippen LogP contribution is -2.52. The lowest BCUT2D eigenvalue weighted by molar-refractivity contribution is -0.160. The van der Waals surface area contributed by atoms with Crippen molar-refractivity contribution in [3.8, 4) is 0 Å². The molecule has 4 aliphatic carbocycles. The second-order valence-corrected chi connectivity index (χ2v) is 19.6. The van der Waals surface area contributed by atoms with Crippen LogP contribution in [0.25, 0.3) is 16.5 Å². The summed E-state index contributed by atoms with van der Waals surface area (Å²) in [6.07, 6.45) is 7.59. The van der Waals surface area contributed by atoms with Crippen LogP contribution in [-0.2, 0) is 67.1 Å². The molecule has 1 saturated carbocycles. The molecule has 7 N–H and O–H groups in total. The molecule has 0 bridgehead atoms. The van der Waals surface area contributed by atoms with Crippen molar-refractivity contribution < 1.29 is 57.3 Å². The maximum Gasteiger partial charge on any atom is 0.342 e. The van der Waals surface area contributed by atoms with Gasteiger partial charge in [-0.15, -0.1) is 0 Å². The fourth-order valence-corrected chi connectivity index (χ4v) is 10.5. The number of ether oxygens (including phenoxy) is 2. The molecule has 2 aromatic carbocycles. The van der Waals surface area contributed by atoms with Gasteiger partial charge >= 0.3 is 5.97 Å². The lowest BCUT2D eigenvalue weighted by atomic mass is 9.79. The lowest BCUT2D eigenvalue weighted by Gasteiger charge is -2.31. The van der Waals surface area contributed by atoms with Crippen molar-refractivity contribution in [3.05, 3.63) is 92.9 Å². The number of hydrogen-bond donors (Lipinski definition) is 7. The van der Waals surface area contributed by atoms with E-state index in [4.69, 9.17) is 14.5 Å². The van der Waals surface area contributed by atoms with E-state index < -0.39 is 77.7 Å². The summed E-state index contributed by atoms with van der Waals surface area (Å²) in [6, 6.07) is 8.67. The number of allylic oxidation sites excluding steroid dienone is 1. The van der Waals surface area contributed by atoms with Gasteiger partial charge in [0.1, 0.15) is 24.2 Å². The van der Waals surface area contributed by atoms with Crippen LogP contribution < -0.4 is 31.9 Å². The van der Waals surface area contributed by atoms with Gasteiger partial charge in [-0.25, -0.2) is 14.2 Å². The van der Waals surface area contributed by atoms with Gasteiger partial charge in [0.15, 0.2) is 11.4 Å². The van der Waals surface area contributed by atoms with E-state index in [1.54, 1.807) is 50.3 Å². The highest BCUT2D eigenvalue weighted by atomic mass is 19.1. The van der Waals surface area contributed by atoms with Crippen LogP contribution in [0.3, 0.4) is 0 Å². The van der Waals surface area contributed by atoms with Crippen LogP contribution in [-0.4, -0.2) is 108 Å². The van der Waals surface area contributed by atoms with Crippen molar-refractivity contribution in [1.29, 1.82) is 0 Å². The first kappa shape index (κ1) is 52.5. The van der Waals surface area contributed by atoms with Gasteiger partial charge in [-0.3, -0.25) is 33.6 Å². The van der Waals surface area contributed by atoms with Gasteiger partial charge in [-0.1, -0.05) is 57.0 Å². The van der Waals surface area contributed by atoms with Crippen molar-refractivity contribution in [2.75, 3.05) is 33.0 Å². The quantitative estimate of drug-likeness (QED) is 0.0489. The zero-order valence-electron chi connectivity index (χ0n) is 41.6. The van der Waals surface area contributed by atoms with Gasteiger partial charge in [-0.05, 0) is 104 Å². The number of aryl methyl sites for hydroxylation is 1. The minimum Gasteiger partial charge on any atom is -0.463 e. The minimum absolute atomic E-state index is 0.0205. The number of amides is 6. The molecule has 8 rings (SSSR count). The summed E-state index contributed by atoms with van der Waals surface area (Å²) in [6.45, 7) is 3.79. The molecule has 1 aromatic heterocycles. The standard InChI is InChI=1S/C54H64FN7O11/c1-4-6-8-13-43(64)56-26-44(65)57-28-46(67)60-41(22-31-11-9-7-10-12-31)50(68)58-27-45(66)59-29-73-53(19-20-53)51(69)62-39-16-15-33-30(3)38(55)25-40-47(33)48(39)36-23-32-14-17-42(63)34-18-21-72-52(70)54(71,5-2)37(34)24-35(32)49(36)61-40/h7,9-12,24-25,32,39,41,71H,4-6,8,13-23,26-29H2,1-3H3,(H,56,64)(H,57,65)(H,58,68)(H,59,66)(H,60,67)(H,62,69)/b35-24+/t32?,39-,41-,54-/m0/s1. The van der Waals surface area contributed by atoms with E-state index in [1.807, 2.05) is 6.92 Å². The number of Topliss-reactive ketones (excluding diaryl/α,β-unsaturated/α-hetero) is 1. The second kappa shape index (κ2) is 22.5. The highest BCUT2D eigenvalue weighted by Crippen LogP contribution is 2.50. The van der Waals surface area contributed by atoms with Gasteiger partial charge in [0, 0.05) is 48.3 Å².